The molecule has 0 saturated carbocycles. The summed E-state index contributed by atoms with van der Waals surface area (Å²) in [6.45, 7) is 7.49. The van der Waals surface area contributed by atoms with E-state index >= 15 is 0 Å². The Morgan fingerprint density at radius 3 is 3.00 bits per heavy atom. The number of hydrogen-bond donors (Lipinski definition) is 1. The molecule has 2 heterocycles. The van der Waals surface area contributed by atoms with Crippen LogP contribution in [0.3, 0.4) is 0 Å². The molecule has 0 aliphatic carbocycles. The van der Waals surface area contributed by atoms with Gasteiger partial charge in [-0.25, -0.2) is 0 Å². The minimum absolute atomic E-state index is 0.267. The molecule has 1 aromatic rings. The lowest BCUT2D eigenvalue weighted by molar-refractivity contribution is 0.134. The van der Waals surface area contributed by atoms with Crippen LogP contribution in [0.2, 0.25) is 0 Å². The van der Waals surface area contributed by atoms with Crippen LogP contribution in [0.1, 0.15) is 25.8 Å². The van der Waals surface area contributed by atoms with Crippen LogP contribution in [0.4, 0.5) is 0 Å². The molecule has 4 heteroatoms. The highest BCUT2D eigenvalue weighted by molar-refractivity contribution is 5.05. The first-order chi connectivity index (χ1) is 7.74. The molecule has 0 spiro atoms. The maximum atomic E-state index is 9.37. The summed E-state index contributed by atoms with van der Waals surface area (Å²) in [7, 11) is 0. The van der Waals surface area contributed by atoms with E-state index in [0.29, 0.717) is 12.0 Å². The van der Waals surface area contributed by atoms with Gasteiger partial charge < -0.3 is 5.11 Å². The van der Waals surface area contributed by atoms with Crippen LogP contribution in [0.25, 0.3) is 0 Å². The van der Waals surface area contributed by atoms with Crippen LogP contribution in [0.5, 0.6) is 0 Å². The third-order valence-corrected chi connectivity index (χ3v) is 3.58. The number of likely N-dealkylation sites (tertiary alicyclic amines) is 1. The Morgan fingerprint density at radius 2 is 2.38 bits per heavy atom. The van der Waals surface area contributed by atoms with E-state index in [9.17, 15) is 5.11 Å². The predicted molar refractivity (Wildman–Crippen MR) is 63.0 cm³/mol. The average molecular weight is 223 g/mol. The maximum Gasteiger partial charge on any atom is 0.0589 e. The Hall–Kier alpha value is -0.870. The molecule has 1 N–H and O–H groups in total. The number of rotatable bonds is 4. The van der Waals surface area contributed by atoms with Gasteiger partial charge in [-0.3, -0.25) is 9.58 Å². The SMILES string of the molecule is CCn1cc(CN2CCC(C)C2CO)cn1. The minimum atomic E-state index is 0.267. The van der Waals surface area contributed by atoms with Crippen LogP contribution >= 0.6 is 0 Å². The lowest BCUT2D eigenvalue weighted by Gasteiger charge is -2.24. The van der Waals surface area contributed by atoms with Crippen molar-refractivity contribution >= 4 is 0 Å². The molecule has 16 heavy (non-hydrogen) atoms. The number of aryl methyl sites for hydroxylation is 1. The molecule has 2 atom stereocenters. The van der Waals surface area contributed by atoms with Crippen molar-refractivity contribution in [3.63, 3.8) is 0 Å². The zero-order valence-corrected chi connectivity index (χ0v) is 10.1. The molecule has 1 aliphatic heterocycles. The first kappa shape index (κ1) is 11.6. The Bertz CT molecular complexity index is 337. The van der Waals surface area contributed by atoms with Crippen molar-refractivity contribution in [2.24, 2.45) is 5.92 Å². The number of nitrogens with zero attached hydrogens (tertiary/aromatic N) is 3. The van der Waals surface area contributed by atoms with E-state index in [1.165, 1.54) is 12.0 Å². The van der Waals surface area contributed by atoms with Crippen molar-refractivity contribution in [2.75, 3.05) is 13.2 Å². The van der Waals surface area contributed by atoms with Gasteiger partial charge in [0, 0.05) is 30.9 Å². The number of aliphatic hydroxyl groups excluding tert-OH is 1. The lowest BCUT2D eigenvalue weighted by Crippen LogP contribution is -2.34. The minimum Gasteiger partial charge on any atom is -0.395 e. The average Bonchev–Trinajstić information content (AvgIpc) is 2.86. The molecule has 2 unspecified atom stereocenters. The van der Waals surface area contributed by atoms with Gasteiger partial charge in [0.25, 0.3) is 0 Å². The third kappa shape index (κ3) is 2.28. The molecule has 90 valence electrons. The highest BCUT2D eigenvalue weighted by atomic mass is 16.3. The maximum absolute atomic E-state index is 9.37. The monoisotopic (exact) mass is 223 g/mol. The quantitative estimate of drug-likeness (QED) is 0.831. The van der Waals surface area contributed by atoms with Crippen LogP contribution in [-0.2, 0) is 13.1 Å². The van der Waals surface area contributed by atoms with Crippen LogP contribution in [0.15, 0.2) is 12.4 Å². The van der Waals surface area contributed by atoms with Gasteiger partial charge in [-0.2, -0.15) is 5.10 Å². The van der Waals surface area contributed by atoms with Crippen molar-refractivity contribution in [1.82, 2.24) is 14.7 Å². The van der Waals surface area contributed by atoms with Crippen LogP contribution < -0.4 is 0 Å². The Balaban J connectivity index is 1.98. The summed E-state index contributed by atoms with van der Waals surface area (Å²) >= 11 is 0. The highest BCUT2D eigenvalue weighted by Crippen LogP contribution is 2.25. The second kappa shape index (κ2) is 4.97. The van der Waals surface area contributed by atoms with Gasteiger partial charge in [0.1, 0.15) is 0 Å². The van der Waals surface area contributed by atoms with Crippen molar-refractivity contribution in [3.8, 4) is 0 Å². The second-order valence-electron chi connectivity index (χ2n) is 4.69. The summed E-state index contributed by atoms with van der Waals surface area (Å²) < 4.78 is 1.95. The molecule has 0 amide bonds. The molecule has 0 radical (unpaired) electrons. The van der Waals surface area contributed by atoms with E-state index in [1.54, 1.807) is 0 Å². The van der Waals surface area contributed by atoms with Gasteiger partial charge in [0.15, 0.2) is 0 Å². The second-order valence-corrected chi connectivity index (χ2v) is 4.69. The van der Waals surface area contributed by atoms with E-state index < -0.39 is 0 Å². The van der Waals surface area contributed by atoms with Crippen molar-refractivity contribution < 1.29 is 5.11 Å². The van der Waals surface area contributed by atoms with Crippen LogP contribution in [-0.4, -0.2) is 39.0 Å². The molecular formula is C12H21N3O. The number of aliphatic hydroxyl groups is 1. The third-order valence-electron chi connectivity index (χ3n) is 3.58. The van der Waals surface area contributed by atoms with E-state index in [1.807, 2.05) is 10.9 Å². The van der Waals surface area contributed by atoms with Crippen LogP contribution in [0, 0.1) is 5.92 Å². The molecule has 1 aliphatic rings. The van der Waals surface area contributed by atoms with Crippen molar-refractivity contribution in [1.29, 1.82) is 0 Å². The fourth-order valence-corrected chi connectivity index (χ4v) is 2.47. The van der Waals surface area contributed by atoms with Gasteiger partial charge in [-0.1, -0.05) is 6.92 Å². The summed E-state index contributed by atoms with van der Waals surface area (Å²) in [5.41, 5.74) is 1.24. The Morgan fingerprint density at radius 1 is 1.56 bits per heavy atom. The first-order valence-electron chi connectivity index (χ1n) is 6.10. The number of aromatic nitrogens is 2. The summed E-state index contributed by atoms with van der Waals surface area (Å²) in [5.74, 6) is 0.603. The molecule has 1 saturated heterocycles. The summed E-state index contributed by atoms with van der Waals surface area (Å²) in [6.07, 6.45) is 5.21. The van der Waals surface area contributed by atoms with Gasteiger partial charge in [-0.15, -0.1) is 0 Å². The van der Waals surface area contributed by atoms with Gasteiger partial charge >= 0.3 is 0 Å². The molecule has 0 bridgehead atoms. The topological polar surface area (TPSA) is 41.3 Å². The van der Waals surface area contributed by atoms with E-state index in [4.69, 9.17) is 0 Å². The zero-order valence-electron chi connectivity index (χ0n) is 10.1. The van der Waals surface area contributed by atoms with Crippen molar-refractivity contribution in [3.05, 3.63) is 18.0 Å². The van der Waals surface area contributed by atoms with E-state index in [2.05, 4.69) is 30.0 Å². The lowest BCUT2D eigenvalue weighted by atomic mass is 10.0. The fourth-order valence-electron chi connectivity index (χ4n) is 2.47. The Kier molecular flexibility index (Phi) is 3.61. The molecule has 2 rings (SSSR count). The summed E-state index contributed by atoms with van der Waals surface area (Å²) in [5, 5.41) is 13.6. The fraction of sp³-hybridized carbons (Fsp3) is 0.750. The molecule has 0 aromatic carbocycles. The predicted octanol–water partition coefficient (Wildman–Crippen LogP) is 1.11. The molecule has 4 nitrogen and oxygen atoms in total. The molecule has 1 aromatic heterocycles. The van der Waals surface area contributed by atoms with Gasteiger partial charge in [0.2, 0.25) is 0 Å². The Labute approximate surface area is 96.9 Å². The largest absolute Gasteiger partial charge is 0.395 e. The smallest absolute Gasteiger partial charge is 0.0589 e. The van der Waals surface area contributed by atoms with E-state index in [-0.39, 0.29) is 6.61 Å². The van der Waals surface area contributed by atoms with E-state index in [0.717, 1.165) is 19.6 Å². The normalized spacial score (nSPS) is 26.4. The summed E-state index contributed by atoms with van der Waals surface area (Å²) in [6, 6.07) is 0.324. The zero-order chi connectivity index (χ0) is 11.5. The molecular weight excluding hydrogens is 202 g/mol. The summed E-state index contributed by atoms with van der Waals surface area (Å²) in [4.78, 5) is 2.36. The van der Waals surface area contributed by atoms with Gasteiger partial charge in [0.05, 0.1) is 12.8 Å². The molecule has 1 fully saturated rings. The highest BCUT2D eigenvalue weighted by Gasteiger charge is 2.30. The first-order valence-corrected chi connectivity index (χ1v) is 6.10. The number of hydrogen-bond acceptors (Lipinski definition) is 3. The van der Waals surface area contributed by atoms with Crippen molar-refractivity contribution in [2.45, 2.75) is 39.4 Å². The standard InChI is InChI=1S/C12H21N3O/c1-3-15-8-11(6-13-15)7-14-5-4-10(2)12(14)9-16/h6,8,10,12,16H,3-5,7,9H2,1-2H3. The van der Waals surface area contributed by atoms with Gasteiger partial charge in [-0.05, 0) is 25.8 Å².